The molecule has 3 heteroatoms. The van der Waals surface area contributed by atoms with Crippen LogP contribution in [-0.2, 0) is 0 Å². The van der Waals surface area contributed by atoms with Gasteiger partial charge in [0.1, 0.15) is 0 Å². The zero-order chi connectivity index (χ0) is 35.1. The first-order valence-electron chi connectivity index (χ1n) is 17.9. The molecule has 53 heavy (non-hydrogen) atoms. The van der Waals surface area contributed by atoms with Crippen molar-refractivity contribution in [1.82, 2.24) is 9.97 Å². The van der Waals surface area contributed by atoms with Crippen LogP contribution in [0.3, 0.4) is 0 Å². The van der Waals surface area contributed by atoms with Gasteiger partial charge >= 0.3 is 0 Å². The number of hydrogen-bond acceptors (Lipinski definition) is 3. The van der Waals surface area contributed by atoms with Gasteiger partial charge in [-0.3, -0.25) is 0 Å². The zero-order valence-corrected chi connectivity index (χ0v) is 29.6. The van der Waals surface area contributed by atoms with Crippen molar-refractivity contribution in [3.05, 3.63) is 194 Å². The lowest BCUT2D eigenvalue weighted by atomic mass is 9.92. The number of rotatable bonds is 6. The van der Waals surface area contributed by atoms with Gasteiger partial charge in [0.2, 0.25) is 0 Å². The quantitative estimate of drug-likeness (QED) is 0.173. The van der Waals surface area contributed by atoms with Crippen LogP contribution in [-0.4, -0.2) is 9.97 Å². The van der Waals surface area contributed by atoms with Crippen molar-refractivity contribution in [2.45, 2.75) is 0 Å². The smallest absolute Gasteiger partial charge is 0.160 e. The van der Waals surface area contributed by atoms with Crippen molar-refractivity contribution < 1.29 is 0 Å². The van der Waals surface area contributed by atoms with E-state index in [-0.39, 0.29) is 0 Å². The monoisotopic (exact) mass is 692 g/mol. The van der Waals surface area contributed by atoms with E-state index in [1.807, 2.05) is 29.5 Å². The van der Waals surface area contributed by atoms with E-state index in [0.717, 1.165) is 50.3 Å². The molecule has 8 aromatic carbocycles. The topological polar surface area (TPSA) is 25.8 Å². The second kappa shape index (κ2) is 13.1. The van der Waals surface area contributed by atoms with Crippen molar-refractivity contribution >= 4 is 42.3 Å². The van der Waals surface area contributed by atoms with Gasteiger partial charge < -0.3 is 0 Å². The summed E-state index contributed by atoms with van der Waals surface area (Å²) < 4.78 is 2.60. The molecule has 0 fully saturated rings. The summed E-state index contributed by atoms with van der Waals surface area (Å²) in [6.45, 7) is 0. The average Bonchev–Trinajstić information content (AvgIpc) is 3.62. The fourth-order valence-electron chi connectivity index (χ4n) is 7.50. The number of fused-ring (bicyclic) bond motifs is 4. The first-order valence-corrected chi connectivity index (χ1v) is 18.7. The van der Waals surface area contributed by atoms with Crippen LogP contribution in [0.15, 0.2) is 194 Å². The molecule has 0 bridgehead atoms. The second-order valence-electron chi connectivity index (χ2n) is 13.4. The number of hydrogen-bond donors (Lipinski definition) is 0. The van der Waals surface area contributed by atoms with Gasteiger partial charge in [0.05, 0.1) is 11.4 Å². The van der Waals surface area contributed by atoms with Crippen molar-refractivity contribution in [3.8, 4) is 67.3 Å². The van der Waals surface area contributed by atoms with Crippen molar-refractivity contribution in [1.29, 1.82) is 0 Å². The Morgan fingerprint density at radius 1 is 0.302 bits per heavy atom. The predicted molar refractivity (Wildman–Crippen MR) is 225 cm³/mol. The molecule has 0 atom stereocenters. The van der Waals surface area contributed by atoms with E-state index in [9.17, 15) is 0 Å². The third-order valence-electron chi connectivity index (χ3n) is 10.1. The molecule has 10 aromatic rings. The molecule has 0 saturated heterocycles. The van der Waals surface area contributed by atoms with Gasteiger partial charge in [0.15, 0.2) is 5.82 Å². The molecule has 0 radical (unpaired) electrons. The summed E-state index contributed by atoms with van der Waals surface area (Å²) >= 11 is 1.85. The largest absolute Gasteiger partial charge is 0.228 e. The molecule has 0 amide bonds. The van der Waals surface area contributed by atoms with Crippen molar-refractivity contribution in [3.63, 3.8) is 0 Å². The van der Waals surface area contributed by atoms with Gasteiger partial charge in [-0.25, -0.2) is 9.97 Å². The van der Waals surface area contributed by atoms with Crippen LogP contribution < -0.4 is 0 Å². The van der Waals surface area contributed by atoms with Gasteiger partial charge in [-0.05, 0) is 80.6 Å². The molecule has 0 aliphatic carbocycles. The highest BCUT2D eigenvalue weighted by Crippen LogP contribution is 2.40. The Labute approximate surface area is 312 Å². The molecule has 2 heterocycles. The Hall–Kier alpha value is -6.68. The molecular formula is C50H32N2S. The summed E-state index contributed by atoms with van der Waals surface area (Å²) in [5.74, 6) is 0.698. The molecule has 2 aromatic heterocycles. The van der Waals surface area contributed by atoms with Gasteiger partial charge in [0, 0.05) is 36.9 Å². The highest BCUT2D eigenvalue weighted by molar-refractivity contribution is 7.25. The standard InChI is InChI=1S/C50H32N2S/c1-3-14-33(15-4-1)37-28-38(36-26-27-45-44-23-11-12-25-48(44)53-49(45)31-36)30-39(29-37)46-32-47(52-50(51-46)35-17-5-2-6-18-35)43-22-10-9-21-42(43)41-24-13-19-34-16-7-8-20-40(34)41/h1-32H. The summed E-state index contributed by atoms with van der Waals surface area (Å²) in [5.41, 5.74) is 11.8. The summed E-state index contributed by atoms with van der Waals surface area (Å²) in [6.07, 6.45) is 0. The van der Waals surface area contributed by atoms with Crippen LogP contribution in [0.4, 0.5) is 0 Å². The van der Waals surface area contributed by atoms with Gasteiger partial charge in [0.25, 0.3) is 0 Å². The Bertz CT molecular complexity index is 2940. The lowest BCUT2D eigenvalue weighted by Crippen LogP contribution is -1.97. The fraction of sp³-hybridized carbons (Fsp3) is 0. The first kappa shape index (κ1) is 31.1. The maximum Gasteiger partial charge on any atom is 0.160 e. The van der Waals surface area contributed by atoms with Crippen LogP contribution in [0.2, 0.25) is 0 Å². The van der Waals surface area contributed by atoms with Crippen LogP contribution >= 0.6 is 11.3 Å². The predicted octanol–water partition coefficient (Wildman–Crippen LogP) is 14.0. The van der Waals surface area contributed by atoms with Crippen LogP contribution in [0.1, 0.15) is 0 Å². The maximum atomic E-state index is 5.29. The third kappa shape index (κ3) is 5.78. The van der Waals surface area contributed by atoms with E-state index < -0.39 is 0 Å². The molecule has 0 N–H and O–H groups in total. The molecule has 0 aliphatic rings. The normalized spacial score (nSPS) is 11.4. The minimum atomic E-state index is 0.698. The summed E-state index contributed by atoms with van der Waals surface area (Å²) in [7, 11) is 0. The Kier molecular flexibility index (Phi) is 7.71. The molecule has 10 rings (SSSR count). The summed E-state index contributed by atoms with van der Waals surface area (Å²) in [6, 6.07) is 69.3. The number of aromatic nitrogens is 2. The van der Waals surface area contributed by atoms with Gasteiger partial charge in [-0.15, -0.1) is 11.3 Å². The molecule has 248 valence electrons. The Morgan fingerprint density at radius 3 is 1.72 bits per heavy atom. The second-order valence-corrected chi connectivity index (χ2v) is 14.5. The van der Waals surface area contributed by atoms with E-state index in [1.54, 1.807) is 0 Å². The third-order valence-corrected chi connectivity index (χ3v) is 11.2. The highest BCUT2D eigenvalue weighted by atomic mass is 32.1. The summed E-state index contributed by atoms with van der Waals surface area (Å²) in [4.78, 5) is 10.6. The Morgan fingerprint density at radius 2 is 0.887 bits per heavy atom. The van der Waals surface area contributed by atoms with Crippen LogP contribution in [0.25, 0.3) is 98.2 Å². The first-order chi connectivity index (χ1) is 26.2. The van der Waals surface area contributed by atoms with Gasteiger partial charge in [-0.2, -0.15) is 0 Å². The SMILES string of the molecule is c1ccc(-c2cc(-c3ccc4c(c3)sc3ccccc34)cc(-c3cc(-c4ccccc4-c4cccc5ccccc45)nc(-c4ccccc4)n3)c2)cc1. The number of benzene rings is 8. The lowest BCUT2D eigenvalue weighted by Gasteiger charge is -2.15. The van der Waals surface area contributed by atoms with Crippen molar-refractivity contribution in [2.24, 2.45) is 0 Å². The molecule has 0 spiro atoms. The van der Waals surface area contributed by atoms with Crippen LogP contribution in [0.5, 0.6) is 0 Å². The molecule has 0 saturated carbocycles. The van der Waals surface area contributed by atoms with Gasteiger partial charge in [-0.1, -0.05) is 158 Å². The van der Waals surface area contributed by atoms with Crippen LogP contribution in [0, 0.1) is 0 Å². The molecule has 2 nitrogen and oxygen atoms in total. The average molecular weight is 693 g/mol. The minimum Gasteiger partial charge on any atom is -0.228 e. The van der Waals surface area contributed by atoms with E-state index in [1.165, 1.54) is 42.1 Å². The molecule has 0 unspecified atom stereocenters. The van der Waals surface area contributed by atoms with E-state index in [4.69, 9.17) is 9.97 Å². The minimum absolute atomic E-state index is 0.698. The number of nitrogens with zero attached hydrogens (tertiary/aromatic N) is 2. The lowest BCUT2D eigenvalue weighted by molar-refractivity contribution is 1.18. The van der Waals surface area contributed by atoms with E-state index in [2.05, 4.69) is 176 Å². The fourth-order valence-corrected chi connectivity index (χ4v) is 8.64. The number of thiophene rings is 1. The molecular weight excluding hydrogens is 661 g/mol. The Balaban J connectivity index is 1.19. The van der Waals surface area contributed by atoms with Crippen molar-refractivity contribution in [2.75, 3.05) is 0 Å². The van der Waals surface area contributed by atoms with E-state index >= 15 is 0 Å². The molecule has 0 aliphatic heterocycles. The summed E-state index contributed by atoms with van der Waals surface area (Å²) in [5, 5.41) is 5.04. The van der Waals surface area contributed by atoms with E-state index in [0.29, 0.717) is 5.82 Å². The maximum absolute atomic E-state index is 5.29. The highest BCUT2D eigenvalue weighted by Gasteiger charge is 2.17. The zero-order valence-electron chi connectivity index (χ0n) is 28.8.